The maximum absolute atomic E-state index is 9.90. The fourth-order valence-corrected chi connectivity index (χ4v) is 3.00. The van der Waals surface area contributed by atoms with E-state index >= 15 is 0 Å². The Balaban J connectivity index is 1.58. The highest BCUT2D eigenvalue weighted by Crippen LogP contribution is 2.41. The average molecular weight is 264 g/mol. The number of hydrogen-bond acceptors (Lipinski definition) is 4. The Hall–Kier alpha value is -0.900. The van der Waals surface area contributed by atoms with Gasteiger partial charge in [0.2, 0.25) is 5.89 Å². The molecule has 1 aromatic heterocycles. The Kier molecular flexibility index (Phi) is 3.37. The molecule has 0 saturated heterocycles. The highest BCUT2D eigenvalue weighted by atomic mass is 16.5. The normalized spacial score (nSPS) is 25.4. The molecule has 3 rings (SSSR count). The molecule has 1 unspecified atom stereocenters. The van der Waals surface area contributed by atoms with Crippen molar-refractivity contribution in [3.8, 4) is 0 Å². The molecule has 19 heavy (non-hydrogen) atoms. The summed E-state index contributed by atoms with van der Waals surface area (Å²) in [5, 5.41) is 14.0. The van der Waals surface area contributed by atoms with Gasteiger partial charge in [0.05, 0.1) is 12.5 Å². The molecule has 1 aromatic rings. The summed E-state index contributed by atoms with van der Waals surface area (Å²) < 4.78 is 5.30. The molecule has 1 heterocycles. The topological polar surface area (TPSA) is 59.2 Å². The third kappa shape index (κ3) is 3.16. The molecule has 0 spiro atoms. The molecular formula is C15H24N2O2. The molecular weight excluding hydrogens is 240 g/mol. The van der Waals surface area contributed by atoms with Crippen LogP contribution in [0.4, 0.5) is 0 Å². The second-order valence-corrected chi connectivity index (χ2v) is 7.09. The van der Waals surface area contributed by atoms with Gasteiger partial charge in [-0.1, -0.05) is 19.0 Å². The molecule has 106 valence electrons. The van der Waals surface area contributed by atoms with E-state index in [0.717, 1.165) is 31.5 Å². The third-order valence-corrected chi connectivity index (χ3v) is 4.74. The average Bonchev–Trinajstić information content (AvgIpc) is 3.11. The fourth-order valence-electron chi connectivity index (χ4n) is 3.00. The molecule has 0 aliphatic heterocycles. The maximum Gasteiger partial charge on any atom is 0.229 e. The quantitative estimate of drug-likeness (QED) is 0.908. The lowest BCUT2D eigenvalue weighted by molar-refractivity contribution is 0.140. The highest BCUT2D eigenvalue weighted by Gasteiger charge is 2.32. The number of nitrogens with zero attached hydrogens (tertiary/aromatic N) is 2. The van der Waals surface area contributed by atoms with Crippen molar-refractivity contribution in [3.63, 3.8) is 0 Å². The molecule has 2 aliphatic rings. The summed E-state index contributed by atoms with van der Waals surface area (Å²) in [6, 6.07) is 0. The van der Waals surface area contributed by atoms with Crippen molar-refractivity contribution in [3.05, 3.63) is 11.7 Å². The Labute approximate surface area is 114 Å². The molecule has 0 aromatic carbocycles. The first kappa shape index (κ1) is 13.1. The van der Waals surface area contributed by atoms with Gasteiger partial charge in [-0.2, -0.15) is 4.98 Å². The van der Waals surface area contributed by atoms with Crippen molar-refractivity contribution in [1.82, 2.24) is 10.1 Å². The van der Waals surface area contributed by atoms with Crippen LogP contribution in [0.3, 0.4) is 0 Å². The first-order chi connectivity index (χ1) is 9.03. The molecule has 4 heteroatoms. The fraction of sp³-hybridized carbons (Fsp3) is 0.867. The standard InChI is InChI=1S/C15H24N2O2/c1-15(2)7-5-11(6-8-15)14-16-13(19-17-14)9-12(18)10-3-4-10/h10-12,18H,3-9H2,1-2H3. The summed E-state index contributed by atoms with van der Waals surface area (Å²) in [6.45, 7) is 4.66. The first-order valence-electron chi connectivity index (χ1n) is 7.54. The van der Waals surface area contributed by atoms with Crippen LogP contribution >= 0.6 is 0 Å². The van der Waals surface area contributed by atoms with Crippen LogP contribution in [0.2, 0.25) is 0 Å². The van der Waals surface area contributed by atoms with E-state index in [0.29, 0.717) is 29.6 Å². The van der Waals surface area contributed by atoms with Gasteiger partial charge in [-0.15, -0.1) is 0 Å². The van der Waals surface area contributed by atoms with Gasteiger partial charge in [0.15, 0.2) is 5.82 Å². The van der Waals surface area contributed by atoms with Crippen molar-refractivity contribution >= 4 is 0 Å². The number of hydrogen-bond donors (Lipinski definition) is 1. The third-order valence-electron chi connectivity index (χ3n) is 4.74. The van der Waals surface area contributed by atoms with E-state index in [-0.39, 0.29) is 6.10 Å². The predicted octanol–water partition coefficient (Wildman–Crippen LogP) is 3.07. The lowest BCUT2D eigenvalue weighted by Crippen LogP contribution is -2.20. The van der Waals surface area contributed by atoms with Crippen molar-refractivity contribution in [2.24, 2.45) is 11.3 Å². The van der Waals surface area contributed by atoms with E-state index in [9.17, 15) is 5.11 Å². The first-order valence-corrected chi connectivity index (χ1v) is 7.54. The maximum atomic E-state index is 9.90. The second kappa shape index (κ2) is 4.89. The summed E-state index contributed by atoms with van der Waals surface area (Å²) in [5.41, 5.74) is 0.464. The Morgan fingerprint density at radius 1 is 1.26 bits per heavy atom. The van der Waals surface area contributed by atoms with Crippen LogP contribution in [0, 0.1) is 11.3 Å². The molecule has 1 atom stereocenters. The van der Waals surface area contributed by atoms with Crippen molar-refractivity contribution < 1.29 is 9.63 Å². The zero-order chi connectivity index (χ0) is 13.5. The van der Waals surface area contributed by atoms with E-state index in [1.807, 2.05) is 0 Å². The van der Waals surface area contributed by atoms with Gasteiger partial charge in [0.25, 0.3) is 0 Å². The van der Waals surface area contributed by atoms with E-state index in [2.05, 4.69) is 24.0 Å². The molecule has 0 amide bonds. The molecule has 0 radical (unpaired) electrons. The van der Waals surface area contributed by atoms with Crippen LogP contribution < -0.4 is 0 Å². The number of aromatic nitrogens is 2. The summed E-state index contributed by atoms with van der Waals surface area (Å²) >= 11 is 0. The highest BCUT2D eigenvalue weighted by molar-refractivity contribution is 5.00. The van der Waals surface area contributed by atoms with Crippen LogP contribution in [-0.2, 0) is 6.42 Å². The van der Waals surface area contributed by atoms with E-state index < -0.39 is 0 Å². The second-order valence-electron chi connectivity index (χ2n) is 7.09. The smallest absolute Gasteiger partial charge is 0.229 e. The molecule has 2 aliphatic carbocycles. The summed E-state index contributed by atoms with van der Waals surface area (Å²) in [6.07, 6.45) is 7.26. The lowest BCUT2D eigenvalue weighted by Gasteiger charge is -2.32. The minimum atomic E-state index is -0.293. The number of rotatable bonds is 4. The van der Waals surface area contributed by atoms with Crippen molar-refractivity contribution in [2.45, 2.75) is 70.8 Å². The summed E-state index contributed by atoms with van der Waals surface area (Å²) in [7, 11) is 0. The van der Waals surface area contributed by atoms with Gasteiger partial charge in [0.1, 0.15) is 0 Å². The Bertz CT molecular complexity index is 427. The molecule has 4 nitrogen and oxygen atoms in total. The van der Waals surface area contributed by atoms with E-state index in [4.69, 9.17) is 4.52 Å². The molecule has 2 fully saturated rings. The minimum absolute atomic E-state index is 0.293. The minimum Gasteiger partial charge on any atom is -0.392 e. The van der Waals surface area contributed by atoms with Gasteiger partial charge in [-0.3, -0.25) is 0 Å². The van der Waals surface area contributed by atoms with Crippen molar-refractivity contribution in [1.29, 1.82) is 0 Å². The predicted molar refractivity (Wildman–Crippen MR) is 71.7 cm³/mol. The number of aliphatic hydroxyl groups excluding tert-OH is 1. The van der Waals surface area contributed by atoms with Crippen LogP contribution in [0.5, 0.6) is 0 Å². The zero-order valence-electron chi connectivity index (χ0n) is 11.9. The summed E-state index contributed by atoms with van der Waals surface area (Å²) in [4.78, 5) is 4.49. The van der Waals surface area contributed by atoms with Gasteiger partial charge in [-0.05, 0) is 49.9 Å². The zero-order valence-corrected chi connectivity index (χ0v) is 11.9. The monoisotopic (exact) mass is 264 g/mol. The van der Waals surface area contributed by atoms with Gasteiger partial charge >= 0.3 is 0 Å². The van der Waals surface area contributed by atoms with E-state index in [1.165, 1.54) is 12.8 Å². The summed E-state index contributed by atoms with van der Waals surface area (Å²) in [5.74, 6) is 2.38. The lowest BCUT2D eigenvalue weighted by atomic mass is 9.73. The van der Waals surface area contributed by atoms with Crippen LogP contribution in [0.25, 0.3) is 0 Å². The van der Waals surface area contributed by atoms with Crippen LogP contribution in [0.1, 0.15) is 70.0 Å². The Morgan fingerprint density at radius 3 is 2.58 bits per heavy atom. The van der Waals surface area contributed by atoms with E-state index in [1.54, 1.807) is 0 Å². The van der Waals surface area contributed by atoms with Gasteiger partial charge in [0, 0.05) is 5.92 Å². The van der Waals surface area contributed by atoms with Crippen LogP contribution in [-0.4, -0.2) is 21.4 Å². The Morgan fingerprint density at radius 2 is 1.95 bits per heavy atom. The van der Waals surface area contributed by atoms with Gasteiger partial charge in [-0.25, -0.2) is 0 Å². The largest absolute Gasteiger partial charge is 0.392 e. The number of aliphatic hydroxyl groups is 1. The molecule has 1 N–H and O–H groups in total. The van der Waals surface area contributed by atoms with Crippen LogP contribution in [0.15, 0.2) is 4.52 Å². The molecule has 2 saturated carbocycles. The SMILES string of the molecule is CC1(C)CCC(c2noc(CC(O)C3CC3)n2)CC1. The van der Waals surface area contributed by atoms with Crippen molar-refractivity contribution in [2.75, 3.05) is 0 Å². The molecule has 0 bridgehead atoms. The van der Waals surface area contributed by atoms with Gasteiger partial charge < -0.3 is 9.63 Å².